The van der Waals surface area contributed by atoms with Gasteiger partial charge in [-0.2, -0.15) is 5.10 Å². The molecule has 0 aliphatic carbocycles. The largest absolute Gasteiger partial charge is 0.481 e. The van der Waals surface area contributed by atoms with Gasteiger partial charge >= 0.3 is 5.97 Å². The lowest BCUT2D eigenvalue weighted by Crippen LogP contribution is -2.40. The van der Waals surface area contributed by atoms with Crippen LogP contribution in [-0.2, 0) is 20.9 Å². The molecule has 7 nitrogen and oxygen atoms in total. The Morgan fingerprint density at radius 3 is 2.64 bits per heavy atom. The lowest BCUT2D eigenvalue weighted by molar-refractivity contribution is -0.147. The number of carboxylic acids is 1. The van der Waals surface area contributed by atoms with E-state index in [9.17, 15) is 14.7 Å². The summed E-state index contributed by atoms with van der Waals surface area (Å²) >= 11 is 0. The van der Waals surface area contributed by atoms with Gasteiger partial charge in [0.25, 0.3) is 0 Å². The Morgan fingerprint density at radius 2 is 1.92 bits per heavy atom. The summed E-state index contributed by atoms with van der Waals surface area (Å²) in [7, 11) is 0. The van der Waals surface area contributed by atoms with Gasteiger partial charge in [0, 0.05) is 6.20 Å². The topological polar surface area (TPSA) is 93.5 Å². The maximum atomic E-state index is 12.6. The summed E-state index contributed by atoms with van der Waals surface area (Å²) in [5.74, 6) is -2.68. The second-order valence-corrected chi connectivity index (χ2v) is 6.58. The van der Waals surface area contributed by atoms with Gasteiger partial charge in [0.1, 0.15) is 0 Å². The molecule has 2 fully saturated rings. The summed E-state index contributed by atoms with van der Waals surface area (Å²) in [5.41, 5.74) is 1.67. The molecule has 0 radical (unpaired) electrons. The highest BCUT2D eigenvalue weighted by molar-refractivity contribution is 5.96. The Kier molecular flexibility index (Phi) is 4.01. The molecule has 0 spiro atoms. The molecule has 7 heteroatoms. The first-order valence-electron chi connectivity index (χ1n) is 8.37. The number of fused-ring (bicyclic) bond motifs is 2. The van der Waals surface area contributed by atoms with Crippen LogP contribution >= 0.6 is 0 Å². The summed E-state index contributed by atoms with van der Waals surface area (Å²) in [4.78, 5) is 24.1. The predicted octanol–water partition coefficient (Wildman–Crippen LogP) is 1.75. The lowest BCUT2D eigenvalue weighted by atomic mass is 9.78. The van der Waals surface area contributed by atoms with E-state index in [1.165, 1.54) is 0 Å². The van der Waals surface area contributed by atoms with E-state index in [0.717, 1.165) is 12.0 Å². The van der Waals surface area contributed by atoms with E-state index in [1.54, 1.807) is 17.1 Å². The van der Waals surface area contributed by atoms with Gasteiger partial charge in [0.2, 0.25) is 5.91 Å². The summed E-state index contributed by atoms with van der Waals surface area (Å²) < 4.78 is 7.37. The van der Waals surface area contributed by atoms with Crippen LogP contribution in [0.2, 0.25) is 0 Å². The van der Waals surface area contributed by atoms with E-state index >= 15 is 0 Å². The number of benzene rings is 1. The van der Waals surface area contributed by atoms with Crippen molar-refractivity contribution < 1.29 is 19.4 Å². The van der Waals surface area contributed by atoms with E-state index < -0.39 is 17.8 Å². The quantitative estimate of drug-likeness (QED) is 0.864. The Morgan fingerprint density at radius 1 is 1.20 bits per heavy atom. The molecule has 2 saturated heterocycles. The van der Waals surface area contributed by atoms with Crippen molar-refractivity contribution in [2.24, 2.45) is 11.8 Å². The lowest BCUT2D eigenvalue weighted by Gasteiger charge is -2.23. The molecule has 4 atom stereocenters. The summed E-state index contributed by atoms with van der Waals surface area (Å²) in [6.45, 7) is 0.603. The molecule has 1 amide bonds. The number of carboxylic acid groups (broad SMARTS) is 1. The van der Waals surface area contributed by atoms with Crippen molar-refractivity contribution in [2.45, 2.75) is 31.6 Å². The highest BCUT2D eigenvalue weighted by Crippen LogP contribution is 2.44. The number of amides is 1. The predicted molar refractivity (Wildman–Crippen MR) is 88.9 cm³/mol. The van der Waals surface area contributed by atoms with E-state index in [4.69, 9.17) is 4.74 Å². The van der Waals surface area contributed by atoms with Crippen molar-refractivity contribution in [3.05, 3.63) is 48.3 Å². The van der Waals surface area contributed by atoms with Crippen LogP contribution in [0.1, 0.15) is 18.4 Å². The van der Waals surface area contributed by atoms with Crippen LogP contribution in [0.3, 0.4) is 0 Å². The minimum Gasteiger partial charge on any atom is -0.481 e. The van der Waals surface area contributed by atoms with Gasteiger partial charge in [-0.1, -0.05) is 30.3 Å². The fraction of sp³-hybridized carbons (Fsp3) is 0.389. The molecule has 3 heterocycles. The molecular formula is C18H19N3O4. The summed E-state index contributed by atoms with van der Waals surface area (Å²) in [6, 6.07) is 9.88. The fourth-order valence-electron chi connectivity index (χ4n) is 3.84. The molecule has 4 rings (SSSR count). The van der Waals surface area contributed by atoms with Gasteiger partial charge < -0.3 is 15.2 Å². The average Bonchev–Trinajstić information content (AvgIpc) is 3.31. The normalized spacial score (nSPS) is 27.4. The van der Waals surface area contributed by atoms with Gasteiger partial charge in [0.05, 0.1) is 42.5 Å². The number of nitrogens with zero attached hydrogens (tertiary/aromatic N) is 2. The zero-order valence-corrected chi connectivity index (χ0v) is 13.5. The van der Waals surface area contributed by atoms with Crippen LogP contribution in [0.5, 0.6) is 0 Å². The van der Waals surface area contributed by atoms with Crippen molar-refractivity contribution in [1.82, 2.24) is 9.78 Å². The van der Waals surface area contributed by atoms with Crippen LogP contribution < -0.4 is 5.32 Å². The number of aliphatic carboxylic acids is 1. The minimum atomic E-state index is -0.966. The summed E-state index contributed by atoms with van der Waals surface area (Å²) in [5, 5.41) is 16.5. The zero-order valence-electron chi connectivity index (χ0n) is 13.5. The number of ether oxygens (including phenoxy) is 1. The number of aromatic nitrogens is 2. The third kappa shape index (κ3) is 3.02. The van der Waals surface area contributed by atoms with Crippen LogP contribution in [-0.4, -0.2) is 39.0 Å². The maximum absolute atomic E-state index is 12.6. The fourth-order valence-corrected chi connectivity index (χ4v) is 3.84. The van der Waals surface area contributed by atoms with Gasteiger partial charge in [0.15, 0.2) is 0 Å². The highest BCUT2D eigenvalue weighted by Gasteiger charge is 2.55. The SMILES string of the molecule is O=C(O)[C@@H]1[C@H](C(=O)Nc2cnn(Cc3ccccc3)c2)[C@@H]2CC[C@@H]1O2. The molecule has 2 aliphatic heterocycles. The zero-order chi connectivity index (χ0) is 17.4. The first-order valence-corrected chi connectivity index (χ1v) is 8.37. The third-order valence-electron chi connectivity index (χ3n) is 4.95. The number of hydrogen-bond donors (Lipinski definition) is 2. The number of carbonyl (C=O) groups is 2. The van der Waals surface area contributed by atoms with Crippen LogP contribution in [0.15, 0.2) is 42.7 Å². The number of anilines is 1. The van der Waals surface area contributed by atoms with Crippen molar-refractivity contribution in [3.63, 3.8) is 0 Å². The second kappa shape index (κ2) is 6.33. The van der Waals surface area contributed by atoms with E-state index in [1.807, 2.05) is 30.3 Å². The molecule has 2 N–H and O–H groups in total. The first kappa shape index (κ1) is 15.8. The minimum absolute atomic E-state index is 0.300. The average molecular weight is 341 g/mol. The van der Waals surface area contributed by atoms with Crippen molar-refractivity contribution in [3.8, 4) is 0 Å². The Bertz CT molecular complexity index is 789. The molecule has 0 unspecified atom stereocenters. The molecule has 2 aromatic rings. The van der Waals surface area contributed by atoms with Crippen LogP contribution in [0.25, 0.3) is 0 Å². The van der Waals surface area contributed by atoms with Crippen molar-refractivity contribution >= 4 is 17.6 Å². The molecule has 130 valence electrons. The maximum Gasteiger partial charge on any atom is 0.310 e. The smallest absolute Gasteiger partial charge is 0.310 e. The van der Waals surface area contributed by atoms with E-state index in [2.05, 4.69) is 10.4 Å². The monoisotopic (exact) mass is 341 g/mol. The number of carbonyl (C=O) groups excluding carboxylic acids is 1. The molecule has 0 saturated carbocycles. The number of hydrogen-bond acceptors (Lipinski definition) is 4. The molecule has 1 aromatic carbocycles. The van der Waals surface area contributed by atoms with Crippen molar-refractivity contribution in [2.75, 3.05) is 5.32 Å². The second-order valence-electron chi connectivity index (χ2n) is 6.58. The van der Waals surface area contributed by atoms with E-state index in [-0.39, 0.29) is 18.1 Å². The molecular weight excluding hydrogens is 322 g/mol. The van der Waals surface area contributed by atoms with Crippen LogP contribution in [0.4, 0.5) is 5.69 Å². The standard InChI is InChI=1S/C18H19N3O4/c22-17(15-13-6-7-14(25-13)16(15)18(23)24)20-12-8-19-21(10-12)9-11-4-2-1-3-5-11/h1-5,8,10,13-16H,6-7,9H2,(H,20,22)(H,23,24)/t13-,14-,15+,16-/m0/s1. The Hall–Kier alpha value is -2.67. The molecule has 2 bridgehead atoms. The van der Waals surface area contributed by atoms with Crippen LogP contribution in [0, 0.1) is 11.8 Å². The third-order valence-corrected chi connectivity index (χ3v) is 4.95. The van der Waals surface area contributed by atoms with Crippen molar-refractivity contribution in [1.29, 1.82) is 0 Å². The number of rotatable bonds is 5. The van der Waals surface area contributed by atoms with Gasteiger partial charge in [-0.05, 0) is 18.4 Å². The molecule has 2 aliphatic rings. The van der Waals surface area contributed by atoms with Gasteiger partial charge in [-0.3, -0.25) is 14.3 Å². The number of nitrogens with one attached hydrogen (secondary N) is 1. The Labute approximate surface area is 144 Å². The van der Waals surface area contributed by atoms with Gasteiger partial charge in [-0.25, -0.2) is 0 Å². The molecule has 25 heavy (non-hydrogen) atoms. The molecule has 1 aromatic heterocycles. The first-order chi connectivity index (χ1) is 12.1. The Balaban J connectivity index is 1.44. The highest BCUT2D eigenvalue weighted by atomic mass is 16.5. The summed E-state index contributed by atoms with van der Waals surface area (Å²) in [6.07, 6.45) is 4.11. The van der Waals surface area contributed by atoms with Gasteiger partial charge in [-0.15, -0.1) is 0 Å². The van der Waals surface area contributed by atoms with E-state index in [0.29, 0.717) is 18.7 Å².